The van der Waals surface area contributed by atoms with Gasteiger partial charge < -0.3 is 19.4 Å². The first-order valence-electron chi connectivity index (χ1n) is 16.4. The Morgan fingerprint density at radius 3 is 2.60 bits per heavy atom. The minimum absolute atomic E-state index is 0.0168. The average molecular weight is 686 g/mol. The van der Waals surface area contributed by atoms with Crippen LogP contribution in [-0.2, 0) is 9.53 Å². The van der Waals surface area contributed by atoms with Crippen molar-refractivity contribution in [1.82, 2.24) is 14.7 Å². The third kappa shape index (κ3) is 5.58. The number of benzene rings is 2. The first kappa shape index (κ1) is 32.4. The second-order valence-corrected chi connectivity index (χ2v) is 13.9. The van der Waals surface area contributed by atoms with Gasteiger partial charge in [-0.1, -0.05) is 66.2 Å². The molecule has 3 atom stereocenters. The first-order valence-corrected chi connectivity index (χ1v) is 17.1. The molecule has 4 aliphatic heterocycles. The molecule has 11 heteroatoms. The second kappa shape index (κ2) is 13.0. The van der Waals surface area contributed by atoms with Crippen LogP contribution in [-0.4, -0.2) is 90.0 Å². The van der Waals surface area contributed by atoms with E-state index in [1.54, 1.807) is 0 Å². The predicted molar refractivity (Wildman–Crippen MR) is 186 cm³/mol. The number of ether oxygens (including phenoxy) is 1. The Bertz CT molecular complexity index is 1890. The van der Waals surface area contributed by atoms with E-state index in [0.29, 0.717) is 34.5 Å². The first-order chi connectivity index (χ1) is 23.2. The summed E-state index contributed by atoms with van der Waals surface area (Å²) in [6, 6.07) is 13.1. The maximum Gasteiger partial charge on any atom is 0.282 e. The van der Waals surface area contributed by atoms with Crippen LogP contribution in [0.25, 0.3) is 21.2 Å². The van der Waals surface area contributed by atoms with E-state index in [1.165, 1.54) is 4.90 Å². The number of hydrogen-bond acceptors (Lipinski definition) is 6. The van der Waals surface area contributed by atoms with Gasteiger partial charge in [0.25, 0.3) is 5.91 Å². The summed E-state index contributed by atoms with van der Waals surface area (Å²) in [6.45, 7) is 14.0. The summed E-state index contributed by atoms with van der Waals surface area (Å²) in [5, 5.41) is 13.7. The Morgan fingerprint density at radius 1 is 1.15 bits per heavy atom. The normalized spacial score (nSPS) is 25.0. The number of piperazine rings is 1. The molecule has 0 aromatic heterocycles. The summed E-state index contributed by atoms with van der Waals surface area (Å²) in [7, 11) is 0. The van der Waals surface area contributed by atoms with Gasteiger partial charge in [-0.15, -0.1) is 0 Å². The third-order valence-corrected chi connectivity index (χ3v) is 11.1. The van der Waals surface area contributed by atoms with Crippen molar-refractivity contribution in [2.45, 2.75) is 43.3 Å². The molecule has 0 spiro atoms. The molecule has 0 bridgehead atoms. The number of aliphatic imine (C=N–C) groups is 1. The number of allylic oxidation sites excluding steroid dienone is 2. The molecule has 1 amide bonds. The SMILES string of the molecule is [C-]#[N+]C[C@H]1CN(C2=C(C#N)C(OCC34CCCN3CCC4)=NC3C=C(c4cccc5cccc(Cl)c45)C(Cl)=CC23)CCN1C(=O)C(=C)F. The van der Waals surface area contributed by atoms with Crippen LogP contribution in [0.1, 0.15) is 31.2 Å². The maximum atomic E-state index is 14.0. The van der Waals surface area contributed by atoms with Gasteiger partial charge in [0.05, 0.1) is 11.6 Å². The molecule has 5 aliphatic rings. The molecule has 8 nitrogen and oxygen atoms in total. The van der Waals surface area contributed by atoms with E-state index in [2.05, 4.69) is 22.4 Å². The molecule has 246 valence electrons. The van der Waals surface area contributed by atoms with E-state index in [1.807, 2.05) is 53.5 Å². The van der Waals surface area contributed by atoms with Crippen molar-refractivity contribution in [2.75, 3.05) is 45.9 Å². The van der Waals surface area contributed by atoms with Crippen LogP contribution in [0.2, 0.25) is 5.02 Å². The lowest BCUT2D eigenvalue weighted by Gasteiger charge is -2.45. The van der Waals surface area contributed by atoms with Crippen LogP contribution in [0.5, 0.6) is 0 Å². The van der Waals surface area contributed by atoms with Crippen molar-refractivity contribution in [3.63, 3.8) is 0 Å². The van der Waals surface area contributed by atoms with Crippen LogP contribution >= 0.6 is 23.2 Å². The molecule has 2 unspecified atom stereocenters. The Balaban J connectivity index is 1.30. The van der Waals surface area contributed by atoms with Crippen molar-refractivity contribution < 1.29 is 13.9 Å². The highest BCUT2D eigenvalue weighted by atomic mass is 35.5. The van der Waals surface area contributed by atoms with Gasteiger partial charge in [-0.25, -0.2) is 16.0 Å². The lowest BCUT2D eigenvalue weighted by molar-refractivity contribution is -0.132. The summed E-state index contributed by atoms with van der Waals surface area (Å²) in [6.07, 6.45) is 8.29. The zero-order chi connectivity index (χ0) is 33.6. The average Bonchev–Trinajstić information content (AvgIpc) is 3.67. The van der Waals surface area contributed by atoms with Crippen LogP contribution in [0.4, 0.5) is 4.39 Å². The topological polar surface area (TPSA) is 76.5 Å². The summed E-state index contributed by atoms with van der Waals surface area (Å²) in [5.41, 5.74) is 2.62. The number of halogens is 3. The summed E-state index contributed by atoms with van der Waals surface area (Å²) >= 11 is 13.8. The monoisotopic (exact) mass is 684 g/mol. The number of amides is 1. The van der Waals surface area contributed by atoms with Crippen molar-refractivity contribution in [2.24, 2.45) is 10.9 Å². The number of nitriles is 1. The molecule has 7 rings (SSSR count). The standard InChI is InChI=1S/C37H35Cl2FN6O2/c1-23(40)36(47)46-16-15-44(21-25(46)20-42-2)34-28-17-31(39)27(26-9-3-7-24-8-4-10-30(38)33(24)26)18-32(28)43-35(29(34)19-41)48-22-37-11-5-13-45(37)14-6-12-37/h3-4,7-10,17-18,25,28,32H,1,5-6,11-16,20-22H2/t25-,28?,32?/m0/s1. The molecule has 4 heterocycles. The third-order valence-electron chi connectivity index (χ3n) is 10.5. The number of carbonyl (C=O) groups excluding carboxylic acids is 1. The summed E-state index contributed by atoms with van der Waals surface area (Å²) < 4.78 is 20.6. The number of carbonyl (C=O) groups is 1. The van der Waals surface area contributed by atoms with Crippen LogP contribution < -0.4 is 0 Å². The van der Waals surface area contributed by atoms with E-state index < -0.39 is 29.7 Å². The van der Waals surface area contributed by atoms with Gasteiger partial charge in [0.1, 0.15) is 24.3 Å². The fraction of sp³-hybridized carbons (Fsp3) is 0.405. The van der Waals surface area contributed by atoms with E-state index in [-0.39, 0.29) is 31.1 Å². The van der Waals surface area contributed by atoms with E-state index >= 15 is 0 Å². The van der Waals surface area contributed by atoms with Crippen molar-refractivity contribution >= 4 is 51.4 Å². The van der Waals surface area contributed by atoms with Gasteiger partial charge in [0.2, 0.25) is 12.4 Å². The van der Waals surface area contributed by atoms with Gasteiger partial charge >= 0.3 is 0 Å². The molecular weight excluding hydrogens is 650 g/mol. The minimum Gasteiger partial charge on any atom is -0.475 e. The van der Waals surface area contributed by atoms with Crippen LogP contribution in [0.3, 0.4) is 0 Å². The highest BCUT2D eigenvalue weighted by molar-refractivity contribution is 6.39. The Hall–Kier alpha value is -4.15. The Kier molecular flexibility index (Phi) is 8.81. The van der Waals surface area contributed by atoms with E-state index in [9.17, 15) is 14.4 Å². The van der Waals surface area contributed by atoms with Crippen molar-refractivity contribution in [3.8, 4) is 6.07 Å². The predicted octanol–water partition coefficient (Wildman–Crippen LogP) is 6.75. The molecule has 48 heavy (non-hydrogen) atoms. The smallest absolute Gasteiger partial charge is 0.282 e. The molecule has 0 radical (unpaired) electrons. The molecule has 0 saturated carbocycles. The maximum absolute atomic E-state index is 14.0. The Morgan fingerprint density at radius 2 is 1.90 bits per heavy atom. The fourth-order valence-electron chi connectivity index (χ4n) is 8.28. The van der Waals surface area contributed by atoms with Gasteiger partial charge in [-0.05, 0) is 67.4 Å². The molecule has 3 saturated heterocycles. The zero-order valence-electron chi connectivity index (χ0n) is 26.5. The largest absolute Gasteiger partial charge is 0.475 e. The van der Waals surface area contributed by atoms with Crippen LogP contribution in [0.15, 0.2) is 82.3 Å². The number of dihydropyridines is 1. The summed E-state index contributed by atoms with van der Waals surface area (Å²) in [5.74, 6) is -1.99. The second-order valence-electron chi connectivity index (χ2n) is 13.1. The number of fused-ring (bicyclic) bond motifs is 3. The number of hydrogen-bond donors (Lipinski definition) is 0. The highest BCUT2D eigenvalue weighted by Crippen LogP contribution is 2.45. The number of rotatable bonds is 6. The lowest BCUT2D eigenvalue weighted by atomic mass is 9.82. The summed E-state index contributed by atoms with van der Waals surface area (Å²) in [4.78, 5) is 27.2. The molecule has 2 aromatic rings. The minimum atomic E-state index is -1.06. The quantitative estimate of drug-likeness (QED) is 0.249. The van der Waals surface area contributed by atoms with Gasteiger partial charge in [0, 0.05) is 46.7 Å². The molecule has 0 N–H and O–H groups in total. The molecule has 1 aliphatic carbocycles. The Labute approximate surface area is 289 Å². The van der Waals surface area contributed by atoms with E-state index in [0.717, 1.165) is 60.7 Å². The van der Waals surface area contributed by atoms with Gasteiger partial charge in [-0.3, -0.25) is 9.69 Å². The van der Waals surface area contributed by atoms with Gasteiger partial charge in [0.15, 0.2) is 5.83 Å². The van der Waals surface area contributed by atoms with Gasteiger partial charge in [-0.2, -0.15) is 5.26 Å². The zero-order valence-corrected chi connectivity index (χ0v) is 28.0. The molecular formula is C37H35Cl2FN6O2. The van der Waals surface area contributed by atoms with Crippen molar-refractivity contribution in [1.29, 1.82) is 5.26 Å². The van der Waals surface area contributed by atoms with E-state index in [4.69, 9.17) is 39.5 Å². The number of nitrogens with zero attached hydrogens (tertiary/aromatic N) is 6. The lowest BCUT2D eigenvalue weighted by Crippen LogP contribution is -2.57. The fourth-order valence-corrected chi connectivity index (χ4v) is 8.86. The molecule has 3 fully saturated rings. The van der Waals surface area contributed by atoms with Crippen molar-refractivity contribution in [3.05, 3.63) is 99.3 Å². The highest BCUT2D eigenvalue weighted by Gasteiger charge is 2.47. The van der Waals surface area contributed by atoms with Crippen LogP contribution in [0, 0.1) is 23.8 Å². The molecule has 2 aromatic carbocycles.